The van der Waals surface area contributed by atoms with Crippen molar-refractivity contribution in [1.29, 1.82) is 0 Å². The van der Waals surface area contributed by atoms with E-state index in [2.05, 4.69) is 0 Å². The third kappa shape index (κ3) is 1.74. The zero-order chi connectivity index (χ0) is 10.0. The lowest BCUT2D eigenvalue weighted by Gasteiger charge is -2.17. The monoisotopic (exact) mass is 180 g/mol. The minimum atomic E-state index is -0.259. The third-order valence-electron chi connectivity index (χ3n) is 2.35. The van der Waals surface area contributed by atoms with E-state index in [0.717, 1.165) is 17.8 Å². The summed E-state index contributed by atoms with van der Waals surface area (Å²) in [6, 6.07) is 3.80. The van der Waals surface area contributed by atoms with Crippen LogP contribution in [0.5, 0.6) is 0 Å². The van der Waals surface area contributed by atoms with Crippen molar-refractivity contribution in [1.82, 2.24) is 4.57 Å². The van der Waals surface area contributed by atoms with Crippen molar-refractivity contribution in [3.05, 3.63) is 23.5 Å². The van der Waals surface area contributed by atoms with E-state index in [1.807, 2.05) is 37.5 Å². The molecule has 0 saturated heterocycles. The molecule has 2 N–H and O–H groups in total. The quantitative estimate of drug-likeness (QED) is 0.753. The third-order valence-corrected chi connectivity index (χ3v) is 2.35. The molecule has 0 saturated carbocycles. The molecule has 0 fully saturated rings. The highest BCUT2D eigenvalue weighted by Crippen LogP contribution is 2.17. The number of carbonyl (C=O) groups excluding carboxylic acids is 1. The molecule has 1 rings (SSSR count). The number of aromatic nitrogens is 1. The predicted octanol–water partition coefficient (Wildman–Crippen LogP) is 1.54. The molecule has 1 aromatic rings. The zero-order valence-corrected chi connectivity index (χ0v) is 8.37. The highest BCUT2D eigenvalue weighted by Gasteiger charge is 2.17. The molecule has 0 aliphatic heterocycles. The second-order valence-corrected chi connectivity index (χ2v) is 3.31. The van der Waals surface area contributed by atoms with Crippen LogP contribution in [0, 0.1) is 13.8 Å². The van der Waals surface area contributed by atoms with E-state index in [9.17, 15) is 4.79 Å². The van der Waals surface area contributed by atoms with Gasteiger partial charge in [0.2, 0.25) is 5.91 Å². The minimum Gasteiger partial charge on any atom is -0.368 e. The summed E-state index contributed by atoms with van der Waals surface area (Å²) in [7, 11) is 0. The van der Waals surface area contributed by atoms with E-state index < -0.39 is 0 Å². The van der Waals surface area contributed by atoms with Crippen LogP contribution in [0.1, 0.15) is 30.8 Å². The van der Waals surface area contributed by atoms with Crippen LogP contribution in [0.4, 0.5) is 0 Å². The molecule has 1 unspecified atom stereocenters. The van der Waals surface area contributed by atoms with Gasteiger partial charge in [0.1, 0.15) is 6.04 Å². The van der Waals surface area contributed by atoms with Crippen LogP contribution < -0.4 is 5.73 Å². The number of rotatable bonds is 3. The number of amides is 1. The Labute approximate surface area is 78.5 Å². The van der Waals surface area contributed by atoms with Crippen molar-refractivity contribution in [2.24, 2.45) is 5.73 Å². The van der Waals surface area contributed by atoms with E-state index in [1.54, 1.807) is 0 Å². The molecular weight excluding hydrogens is 164 g/mol. The zero-order valence-electron chi connectivity index (χ0n) is 8.37. The topological polar surface area (TPSA) is 48.0 Å². The maximum atomic E-state index is 11.1. The Morgan fingerprint density at radius 1 is 1.46 bits per heavy atom. The van der Waals surface area contributed by atoms with E-state index in [4.69, 9.17) is 5.73 Å². The predicted molar refractivity (Wildman–Crippen MR) is 52.4 cm³/mol. The van der Waals surface area contributed by atoms with Crippen molar-refractivity contribution < 1.29 is 4.79 Å². The molecule has 0 aliphatic carbocycles. The lowest BCUT2D eigenvalue weighted by atomic mass is 10.2. The van der Waals surface area contributed by atoms with Crippen LogP contribution in [-0.2, 0) is 4.79 Å². The first kappa shape index (κ1) is 9.84. The average molecular weight is 180 g/mol. The first-order valence-corrected chi connectivity index (χ1v) is 4.51. The fourth-order valence-corrected chi connectivity index (χ4v) is 1.68. The largest absolute Gasteiger partial charge is 0.368 e. The van der Waals surface area contributed by atoms with Gasteiger partial charge in [0.15, 0.2) is 0 Å². The second kappa shape index (κ2) is 3.64. The molecule has 3 heteroatoms. The Morgan fingerprint density at radius 3 is 2.23 bits per heavy atom. The van der Waals surface area contributed by atoms with Gasteiger partial charge in [-0.25, -0.2) is 0 Å². The van der Waals surface area contributed by atoms with Gasteiger partial charge >= 0.3 is 0 Å². The Hall–Kier alpha value is -1.25. The molecule has 1 atom stereocenters. The molecule has 3 nitrogen and oxygen atoms in total. The number of hydrogen-bond acceptors (Lipinski definition) is 1. The summed E-state index contributed by atoms with van der Waals surface area (Å²) in [6.45, 7) is 5.94. The second-order valence-electron chi connectivity index (χ2n) is 3.31. The summed E-state index contributed by atoms with van der Waals surface area (Å²) in [5, 5.41) is 0. The van der Waals surface area contributed by atoms with E-state index in [-0.39, 0.29) is 11.9 Å². The highest BCUT2D eigenvalue weighted by atomic mass is 16.1. The lowest BCUT2D eigenvalue weighted by Crippen LogP contribution is -2.27. The van der Waals surface area contributed by atoms with Crippen molar-refractivity contribution >= 4 is 5.91 Å². The van der Waals surface area contributed by atoms with Gasteiger partial charge in [-0.2, -0.15) is 0 Å². The molecular formula is C10H16N2O. The fraction of sp³-hybridized carbons (Fsp3) is 0.500. The van der Waals surface area contributed by atoms with Crippen LogP contribution in [-0.4, -0.2) is 10.5 Å². The molecule has 72 valence electrons. The summed E-state index contributed by atoms with van der Waals surface area (Å²) in [5.74, 6) is -0.259. The SMILES string of the molecule is CCC(C(N)=O)n1c(C)ccc1C. The Kier molecular flexibility index (Phi) is 2.76. The van der Waals surface area contributed by atoms with Gasteiger partial charge in [0.25, 0.3) is 0 Å². The standard InChI is InChI=1S/C10H16N2O/c1-4-9(10(11)13)12-7(2)5-6-8(12)3/h5-6,9H,4H2,1-3H3,(H2,11,13). The van der Waals surface area contributed by atoms with Crippen LogP contribution in [0.3, 0.4) is 0 Å². The summed E-state index contributed by atoms with van der Waals surface area (Å²) < 4.78 is 1.99. The van der Waals surface area contributed by atoms with Crippen LogP contribution in [0.25, 0.3) is 0 Å². The summed E-state index contributed by atoms with van der Waals surface area (Å²) >= 11 is 0. The fourth-order valence-electron chi connectivity index (χ4n) is 1.68. The average Bonchev–Trinajstić information content (AvgIpc) is 2.36. The van der Waals surface area contributed by atoms with Crippen molar-refractivity contribution in [3.8, 4) is 0 Å². The molecule has 0 bridgehead atoms. The summed E-state index contributed by atoms with van der Waals surface area (Å²) in [6.07, 6.45) is 0.742. The van der Waals surface area contributed by atoms with Gasteiger partial charge in [-0.15, -0.1) is 0 Å². The van der Waals surface area contributed by atoms with E-state index in [0.29, 0.717) is 0 Å². The smallest absolute Gasteiger partial charge is 0.240 e. The van der Waals surface area contributed by atoms with Crippen LogP contribution in [0.2, 0.25) is 0 Å². The number of carbonyl (C=O) groups is 1. The summed E-state index contributed by atoms with van der Waals surface area (Å²) in [4.78, 5) is 11.1. The highest BCUT2D eigenvalue weighted by molar-refractivity contribution is 5.78. The number of nitrogens with zero attached hydrogens (tertiary/aromatic N) is 1. The Morgan fingerprint density at radius 2 is 1.92 bits per heavy atom. The van der Waals surface area contributed by atoms with Gasteiger partial charge in [0.05, 0.1) is 0 Å². The first-order chi connectivity index (χ1) is 6.07. The molecule has 0 radical (unpaired) electrons. The van der Waals surface area contributed by atoms with Gasteiger partial charge in [-0.3, -0.25) is 4.79 Å². The van der Waals surface area contributed by atoms with Crippen molar-refractivity contribution in [3.63, 3.8) is 0 Å². The minimum absolute atomic E-state index is 0.199. The molecule has 0 spiro atoms. The summed E-state index contributed by atoms with van der Waals surface area (Å²) in [5.41, 5.74) is 7.49. The van der Waals surface area contributed by atoms with E-state index in [1.165, 1.54) is 0 Å². The van der Waals surface area contributed by atoms with E-state index >= 15 is 0 Å². The molecule has 0 aromatic carbocycles. The van der Waals surface area contributed by atoms with Gasteiger partial charge in [-0.1, -0.05) is 6.92 Å². The Bertz CT molecular complexity index is 295. The van der Waals surface area contributed by atoms with Gasteiger partial charge in [0, 0.05) is 11.4 Å². The number of hydrogen-bond donors (Lipinski definition) is 1. The maximum Gasteiger partial charge on any atom is 0.240 e. The van der Waals surface area contributed by atoms with Crippen molar-refractivity contribution in [2.45, 2.75) is 33.2 Å². The number of primary amides is 1. The molecule has 0 aliphatic rings. The number of nitrogens with two attached hydrogens (primary N) is 1. The van der Waals surface area contributed by atoms with Crippen LogP contribution in [0.15, 0.2) is 12.1 Å². The molecule has 13 heavy (non-hydrogen) atoms. The van der Waals surface area contributed by atoms with Gasteiger partial charge in [-0.05, 0) is 32.4 Å². The first-order valence-electron chi connectivity index (χ1n) is 4.51. The van der Waals surface area contributed by atoms with Crippen LogP contribution >= 0.6 is 0 Å². The Balaban J connectivity index is 3.10. The number of aryl methyl sites for hydroxylation is 2. The lowest BCUT2D eigenvalue weighted by molar-refractivity contribution is -0.121. The molecule has 1 heterocycles. The maximum absolute atomic E-state index is 11.1. The molecule has 1 aromatic heterocycles. The molecule has 1 amide bonds. The normalized spacial score (nSPS) is 12.8. The van der Waals surface area contributed by atoms with Gasteiger partial charge < -0.3 is 10.3 Å². The van der Waals surface area contributed by atoms with Crippen molar-refractivity contribution in [2.75, 3.05) is 0 Å².